The highest BCUT2D eigenvalue weighted by molar-refractivity contribution is 9.11. The molecular formula is C11H13Br2NO3. The van der Waals surface area contributed by atoms with E-state index in [9.17, 15) is 9.90 Å². The molecule has 0 aliphatic heterocycles. The minimum absolute atomic E-state index is 0.158. The number of hydrogen-bond acceptors (Lipinski definition) is 3. The molecule has 94 valence electrons. The average molecular weight is 367 g/mol. The Labute approximate surface area is 117 Å². The number of aliphatic hydroxyl groups excluding tert-OH is 1. The number of benzene rings is 1. The van der Waals surface area contributed by atoms with Crippen LogP contribution in [-0.4, -0.2) is 37.4 Å². The van der Waals surface area contributed by atoms with Crippen LogP contribution < -0.4 is 5.32 Å². The predicted molar refractivity (Wildman–Crippen MR) is 72.1 cm³/mol. The quantitative estimate of drug-likeness (QED) is 0.837. The van der Waals surface area contributed by atoms with E-state index in [2.05, 4.69) is 37.2 Å². The zero-order chi connectivity index (χ0) is 12.8. The molecule has 0 saturated carbocycles. The van der Waals surface area contributed by atoms with Crippen molar-refractivity contribution in [2.24, 2.45) is 0 Å². The summed E-state index contributed by atoms with van der Waals surface area (Å²) < 4.78 is 6.30. The molecule has 2 N–H and O–H groups in total. The van der Waals surface area contributed by atoms with Crippen LogP contribution in [0, 0.1) is 0 Å². The van der Waals surface area contributed by atoms with Crippen molar-refractivity contribution in [1.82, 2.24) is 5.32 Å². The normalized spacial score (nSPS) is 12.2. The first-order chi connectivity index (χ1) is 8.04. The Morgan fingerprint density at radius 3 is 2.88 bits per heavy atom. The van der Waals surface area contributed by atoms with E-state index in [1.54, 1.807) is 12.1 Å². The van der Waals surface area contributed by atoms with Crippen LogP contribution in [0.2, 0.25) is 0 Å². The maximum Gasteiger partial charge on any atom is 0.252 e. The van der Waals surface area contributed by atoms with Crippen molar-refractivity contribution in [3.63, 3.8) is 0 Å². The summed E-state index contributed by atoms with van der Waals surface area (Å²) in [5.41, 5.74) is 0.518. The van der Waals surface area contributed by atoms with Crippen LogP contribution in [0.5, 0.6) is 0 Å². The molecule has 0 fully saturated rings. The third-order valence-corrected chi connectivity index (χ3v) is 3.22. The van der Waals surface area contributed by atoms with Crippen molar-refractivity contribution in [3.05, 3.63) is 32.7 Å². The summed E-state index contributed by atoms with van der Waals surface area (Å²) in [4.78, 5) is 11.8. The molecule has 0 spiro atoms. The smallest absolute Gasteiger partial charge is 0.252 e. The lowest BCUT2D eigenvalue weighted by atomic mass is 10.2. The molecule has 1 aromatic rings. The van der Waals surface area contributed by atoms with Gasteiger partial charge >= 0.3 is 0 Å². The van der Waals surface area contributed by atoms with Crippen LogP contribution >= 0.6 is 31.9 Å². The minimum Gasteiger partial charge on any atom is -0.389 e. The lowest BCUT2D eigenvalue weighted by molar-refractivity contribution is 0.0609. The summed E-state index contributed by atoms with van der Waals surface area (Å²) in [6.45, 7) is 0.353. The zero-order valence-electron chi connectivity index (χ0n) is 9.24. The fourth-order valence-corrected chi connectivity index (χ4v) is 2.02. The van der Waals surface area contributed by atoms with Gasteiger partial charge in [-0.1, -0.05) is 15.9 Å². The maximum absolute atomic E-state index is 11.8. The van der Waals surface area contributed by atoms with Gasteiger partial charge in [-0.15, -0.1) is 0 Å². The van der Waals surface area contributed by atoms with Crippen molar-refractivity contribution in [2.45, 2.75) is 6.10 Å². The average Bonchev–Trinajstić information content (AvgIpc) is 2.29. The summed E-state index contributed by atoms with van der Waals surface area (Å²) in [7, 11) is 1.50. The van der Waals surface area contributed by atoms with Crippen molar-refractivity contribution in [2.75, 3.05) is 20.3 Å². The van der Waals surface area contributed by atoms with Crippen LogP contribution in [0.4, 0.5) is 0 Å². The molecule has 1 aromatic carbocycles. The molecule has 1 atom stereocenters. The first-order valence-corrected chi connectivity index (χ1v) is 6.53. The van der Waals surface area contributed by atoms with Crippen LogP contribution in [0.15, 0.2) is 27.1 Å². The topological polar surface area (TPSA) is 58.6 Å². The standard InChI is InChI=1S/C11H13Br2NO3/c1-17-6-8(15)5-14-11(16)9-4-7(12)2-3-10(9)13/h2-4,8,15H,5-6H2,1H3,(H,14,16). The number of hydrogen-bond donors (Lipinski definition) is 2. The monoisotopic (exact) mass is 365 g/mol. The Morgan fingerprint density at radius 1 is 1.53 bits per heavy atom. The van der Waals surface area contributed by atoms with Crippen molar-refractivity contribution in [3.8, 4) is 0 Å². The minimum atomic E-state index is -0.699. The molecule has 17 heavy (non-hydrogen) atoms. The third kappa shape index (κ3) is 4.75. The van der Waals surface area contributed by atoms with Gasteiger partial charge in [-0.25, -0.2) is 0 Å². The van der Waals surface area contributed by atoms with Gasteiger partial charge in [0, 0.05) is 22.6 Å². The fourth-order valence-electron chi connectivity index (χ4n) is 1.23. The highest BCUT2D eigenvalue weighted by atomic mass is 79.9. The van der Waals surface area contributed by atoms with E-state index in [4.69, 9.17) is 4.74 Å². The van der Waals surface area contributed by atoms with Crippen LogP contribution in [-0.2, 0) is 4.74 Å². The molecule has 6 heteroatoms. The SMILES string of the molecule is COCC(O)CNC(=O)c1cc(Br)ccc1Br. The third-order valence-electron chi connectivity index (χ3n) is 2.03. The molecule has 0 bridgehead atoms. The number of nitrogens with one attached hydrogen (secondary N) is 1. The van der Waals surface area contributed by atoms with Gasteiger partial charge in [-0.2, -0.15) is 0 Å². The summed E-state index contributed by atoms with van der Waals surface area (Å²) in [5.74, 6) is -0.242. The van der Waals surface area contributed by atoms with Gasteiger partial charge in [-0.05, 0) is 34.1 Å². The largest absolute Gasteiger partial charge is 0.389 e. The molecule has 0 saturated heterocycles. The predicted octanol–water partition coefficient (Wildman–Crippen LogP) is 1.95. The van der Waals surface area contributed by atoms with E-state index < -0.39 is 6.10 Å². The summed E-state index contributed by atoms with van der Waals surface area (Å²) in [6, 6.07) is 5.33. The number of carbonyl (C=O) groups is 1. The summed E-state index contributed by atoms with van der Waals surface area (Å²) >= 11 is 6.60. The van der Waals surface area contributed by atoms with E-state index in [1.165, 1.54) is 7.11 Å². The Morgan fingerprint density at radius 2 is 2.24 bits per heavy atom. The molecule has 1 amide bonds. The second-order valence-electron chi connectivity index (χ2n) is 3.44. The lowest BCUT2D eigenvalue weighted by Gasteiger charge is -2.11. The van der Waals surface area contributed by atoms with E-state index in [-0.39, 0.29) is 19.1 Å². The van der Waals surface area contributed by atoms with E-state index in [0.717, 1.165) is 4.47 Å². The number of ether oxygens (including phenoxy) is 1. The van der Waals surface area contributed by atoms with Gasteiger partial charge in [0.2, 0.25) is 0 Å². The number of aliphatic hydroxyl groups is 1. The summed E-state index contributed by atoms with van der Waals surface area (Å²) in [6.07, 6.45) is -0.699. The fraction of sp³-hybridized carbons (Fsp3) is 0.364. The van der Waals surface area contributed by atoms with Crippen LogP contribution in [0.1, 0.15) is 10.4 Å². The second-order valence-corrected chi connectivity index (χ2v) is 5.21. The summed E-state index contributed by atoms with van der Waals surface area (Å²) in [5, 5.41) is 12.0. The molecule has 4 nitrogen and oxygen atoms in total. The Kier molecular flexibility index (Phi) is 6.11. The molecule has 0 aliphatic rings. The molecule has 0 aromatic heterocycles. The lowest BCUT2D eigenvalue weighted by Crippen LogP contribution is -2.34. The van der Waals surface area contributed by atoms with Gasteiger partial charge in [0.25, 0.3) is 5.91 Å². The van der Waals surface area contributed by atoms with Crippen molar-refractivity contribution in [1.29, 1.82) is 0 Å². The number of amides is 1. The van der Waals surface area contributed by atoms with Gasteiger partial charge in [0.1, 0.15) is 0 Å². The number of rotatable bonds is 5. The zero-order valence-corrected chi connectivity index (χ0v) is 12.4. The van der Waals surface area contributed by atoms with Crippen molar-refractivity contribution < 1.29 is 14.6 Å². The Bertz CT molecular complexity index is 398. The number of halogens is 2. The number of methoxy groups -OCH3 is 1. The molecular weight excluding hydrogens is 354 g/mol. The van der Waals surface area contributed by atoms with Gasteiger partial charge in [0.15, 0.2) is 0 Å². The Hall–Kier alpha value is -0.430. The van der Waals surface area contributed by atoms with E-state index in [1.807, 2.05) is 6.07 Å². The van der Waals surface area contributed by atoms with E-state index in [0.29, 0.717) is 10.0 Å². The van der Waals surface area contributed by atoms with Gasteiger partial charge in [0.05, 0.1) is 18.3 Å². The number of carbonyl (C=O) groups excluding carboxylic acids is 1. The van der Waals surface area contributed by atoms with Crippen molar-refractivity contribution >= 4 is 37.8 Å². The molecule has 0 aliphatic carbocycles. The molecule has 1 unspecified atom stereocenters. The van der Waals surface area contributed by atoms with E-state index >= 15 is 0 Å². The highest BCUT2D eigenvalue weighted by Crippen LogP contribution is 2.21. The maximum atomic E-state index is 11.8. The van der Waals surface area contributed by atoms with Crippen LogP contribution in [0.3, 0.4) is 0 Å². The first-order valence-electron chi connectivity index (χ1n) is 4.95. The first kappa shape index (κ1) is 14.6. The highest BCUT2D eigenvalue weighted by Gasteiger charge is 2.12. The second kappa shape index (κ2) is 7.10. The molecule has 0 radical (unpaired) electrons. The van der Waals surface area contributed by atoms with Gasteiger partial charge in [-0.3, -0.25) is 4.79 Å². The van der Waals surface area contributed by atoms with Crippen LogP contribution in [0.25, 0.3) is 0 Å². The molecule has 1 rings (SSSR count). The van der Waals surface area contributed by atoms with Gasteiger partial charge < -0.3 is 15.2 Å². The Balaban J connectivity index is 2.61. The molecule has 0 heterocycles.